The van der Waals surface area contributed by atoms with E-state index in [-0.39, 0.29) is 23.6 Å². The Bertz CT molecular complexity index is 331. The number of nitrogens with one attached hydrogen (secondary N) is 1. The molecule has 1 aromatic rings. The lowest BCUT2D eigenvalue weighted by molar-refractivity contribution is -0.124. The zero-order chi connectivity index (χ0) is 12.2. The number of hydrogen-bond donors (Lipinski definition) is 1. The molecular formula is C10H10ClF4N. The predicted molar refractivity (Wildman–Crippen MR) is 54.0 cm³/mol. The highest BCUT2D eigenvalue weighted by Gasteiger charge is 2.26. The van der Waals surface area contributed by atoms with Crippen molar-refractivity contribution in [2.24, 2.45) is 0 Å². The average Bonchev–Trinajstić information content (AvgIpc) is 2.14. The molecule has 16 heavy (non-hydrogen) atoms. The zero-order valence-electron chi connectivity index (χ0n) is 8.24. The summed E-state index contributed by atoms with van der Waals surface area (Å²) in [4.78, 5) is 0. The molecule has 0 saturated heterocycles. The normalized spacial score (nSPS) is 11.8. The topological polar surface area (TPSA) is 12.0 Å². The van der Waals surface area contributed by atoms with E-state index >= 15 is 0 Å². The standard InChI is InChI=1S/C10H10ClF4N/c11-8-2-1-3-9(12)7(8)4-5-16-6-10(13,14)15/h1-3,16H,4-6H2. The Labute approximate surface area is 95.4 Å². The van der Waals surface area contributed by atoms with Crippen molar-refractivity contribution >= 4 is 11.6 Å². The maximum absolute atomic E-state index is 13.2. The molecule has 0 radical (unpaired) electrons. The minimum Gasteiger partial charge on any atom is -0.308 e. The lowest BCUT2D eigenvalue weighted by Crippen LogP contribution is -2.30. The van der Waals surface area contributed by atoms with E-state index < -0.39 is 18.5 Å². The first-order chi connectivity index (χ1) is 7.40. The van der Waals surface area contributed by atoms with Gasteiger partial charge in [-0.15, -0.1) is 0 Å². The molecule has 1 nitrogen and oxygen atoms in total. The summed E-state index contributed by atoms with van der Waals surface area (Å²) in [5.41, 5.74) is 0.235. The molecule has 0 aliphatic heterocycles. The molecule has 0 spiro atoms. The molecule has 0 aromatic heterocycles. The molecule has 0 heterocycles. The van der Waals surface area contributed by atoms with E-state index in [1.54, 1.807) is 0 Å². The molecule has 0 bridgehead atoms. The molecule has 0 aliphatic rings. The van der Waals surface area contributed by atoms with Gasteiger partial charge in [0.25, 0.3) is 0 Å². The van der Waals surface area contributed by atoms with Crippen LogP contribution in [0.2, 0.25) is 5.02 Å². The molecule has 1 rings (SSSR count). The van der Waals surface area contributed by atoms with Crippen LogP contribution in [0.1, 0.15) is 5.56 Å². The Hall–Kier alpha value is -0.810. The van der Waals surface area contributed by atoms with Gasteiger partial charge in [0.05, 0.1) is 6.54 Å². The molecule has 0 unspecified atom stereocenters. The number of benzene rings is 1. The summed E-state index contributed by atoms with van der Waals surface area (Å²) in [6.45, 7) is -1.06. The quantitative estimate of drug-likeness (QED) is 0.644. The predicted octanol–water partition coefficient (Wildman–Crippen LogP) is 3.17. The van der Waals surface area contributed by atoms with Gasteiger partial charge in [-0.1, -0.05) is 17.7 Å². The Morgan fingerprint density at radius 3 is 2.50 bits per heavy atom. The maximum atomic E-state index is 13.2. The van der Waals surface area contributed by atoms with Crippen molar-refractivity contribution in [3.63, 3.8) is 0 Å². The van der Waals surface area contributed by atoms with E-state index in [1.807, 2.05) is 0 Å². The average molecular weight is 256 g/mol. The summed E-state index contributed by atoms with van der Waals surface area (Å²) >= 11 is 5.71. The van der Waals surface area contributed by atoms with E-state index in [0.717, 1.165) is 0 Å². The molecule has 0 atom stereocenters. The van der Waals surface area contributed by atoms with Gasteiger partial charge in [0.15, 0.2) is 0 Å². The fourth-order valence-electron chi connectivity index (χ4n) is 1.21. The van der Waals surface area contributed by atoms with Crippen molar-refractivity contribution in [2.75, 3.05) is 13.1 Å². The van der Waals surface area contributed by atoms with Gasteiger partial charge in [-0.3, -0.25) is 0 Å². The molecule has 90 valence electrons. The fraction of sp³-hybridized carbons (Fsp3) is 0.400. The molecule has 0 fully saturated rings. The van der Waals surface area contributed by atoms with E-state index in [4.69, 9.17) is 11.6 Å². The van der Waals surface area contributed by atoms with E-state index in [0.29, 0.717) is 0 Å². The first-order valence-electron chi connectivity index (χ1n) is 4.60. The van der Waals surface area contributed by atoms with Gasteiger partial charge in [0.2, 0.25) is 0 Å². The third-order valence-electron chi connectivity index (χ3n) is 1.94. The van der Waals surface area contributed by atoms with Crippen LogP contribution in [0.3, 0.4) is 0 Å². The van der Waals surface area contributed by atoms with Crippen molar-refractivity contribution < 1.29 is 17.6 Å². The molecule has 1 N–H and O–H groups in total. The minimum absolute atomic E-state index is 0.0279. The maximum Gasteiger partial charge on any atom is 0.401 e. The first kappa shape index (κ1) is 13.3. The lowest BCUT2D eigenvalue weighted by Gasteiger charge is -2.09. The van der Waals surface area contributed by atoms with Crippen LogP contribution in [-0.4, -0.2) is 19.3 Å². The van der Waals surface area contributed by atoms with Gasteiger partial charge in [-0.2, -0.15) is 13.2 Å². The van der Waals surface area contributed by atoms with Gasteiger partial charge >= 0.3 is 6.18 Å². The SMILES string of the molecule is Fc1cccc(Cl)c1CCNCC(F)(F)F. The van der Waals surface area contributed by atoms with E-state index in [1.165, 1.54) is 18.2 Å². The summed E-state index contributed by atoms with van der Waals surface area (Å²) in [7, 11) is 0. The van der Waals surface area contributed by atoms with Crippen molar-refractivity contribution in [3.8, 4) is 0 Å². The van der Waals surface area contributed by atoms with Gasteiger partial charge in [-0.05, 0) is 25.1 Å². The lowest BCUT2D eigenvalue weighted by atomic mass is 10.1. The fourth-order valence-corrected chi connectivity index (χ4v) is 1.47. The van der Waals surface area contributed by atoms with Crippen LogP contribution in [0.5, 0.6) is 0 Å². The smallest absolute Gasteiger partial charge is 0.308 e. The van der Waals surface area contributed by atoms with Crippen LogP contribution in [0.4, 0.5) is 17.6 Å². The Balaban J connectivity index is 2.43. The van der Waals surface area contributed by atoms with Crippen LogP contribution in [0.25, 0.3) is 0 Å². The van der Waals surface area contributed by atoms with Crippen LogP contribution < -0.4 is 5.32 Å². The van der Waals surface area contributed by atoms with E-state index in [2.05, 4.69) is 5.32 Å². The van der Waals surface area contributed by atoms with Crippen LogP contribution >= 0.6 is 11.6 Å². The molecular weight excluding hydrogens is 246 g/mol. The van der Waals surface area contributed by atoms with Gasteiger partial charge in [0.1, 0.15) is 5.82 Å². The molecule has 1 aromatic carbocycles. The van der Waals surface area contributed by atoms with Crippen molar-refractivity contribution in [1.29, 1.82) is 0 Å². The third kappa shape index (κ3) is 4.37. The second kappa shape index (κ2) is 5.50. The van der Waals surface area contributed by atoms with Crippen molar-refractivity contribution in [3.05, 3.63) is 34.6 Å². The van der Waals surface area contributed by atoms with Crippen LogP contribution in [-0.2, 0) is 6.42 Å². The largest absolute Gasteiger partial charge is 0.401 e. The monoisotopic (exact) mass is 255 g/mol. The number of rotatable bonds is 4. The van der Waals surface area contributed by atoms with Crippen LogP contribution in [0.15, 0.2) is 18.2 Å². The Morgan fingerprint density at radius 1 is 1.25 bits per heavy atom. The molecule has 6 heteroatoms. The minimum atomic E-state index is -4.25. The second-order valence-corrected chi connectivity index (χ2v) is 3.65. The second-order valence-electron chi connectivity index (χ2n) is 3.24. The summed E-state index contributed by atoms with van der Waals surface area (Å²) in [5, 5.41) is 2.41. The number of alkyl halides is 3. The number of halogens is 5. The summed E-state index contributed by atoms with van der Waals surface area (Å²) in [5.74, 6) is -0.499. The van der Waals surface area contributed by atoms with Crippen molar-refractivity contribution in [1.82, 2.24) is 5.32 Å². The third-order valence-corrected chi connectivity index (χ3v) is 2.29. The Kier molecular flexibility index (Phi) is 4.56. The number of hydrogen-bond acceptors (Lipinski definition) is 1. The highest BCUT2D eigenvalue weighted by molar-refractivity contribution is 6.31. The zero-order valence-corrected chi connectivity index (χ0v) is 9.00. The highest BCUT2D eigenvalue weighted by Crippen LogP contribution is 2.19. The summed E-state index contributed by atoms with van der Waals surface area (Å²) < 4.78 is 48.5. The van der Waals surface area contributed by atoms with Gasteiger partial charge in [0, 0.05) is 10.6 Å². The first-order valence-corrected chi connectivity index (χ1v) is 4.98. The van der Waals surface area contributed by atoms with Crippen molar-refractivity contribution in [2.45, 2.75) is 12.6 Å². The molecule has 0 aliphatic carbocycles. The van der Waals surface area contributed by atoms with Crippen LogP contribution in [0, 0.1) is 5.82 Å². The highest BCUT2D eigenvalue weighted by atomic mass is 35.5. The Morgan fingerprint density at radius 2 is 1.94 bits per heavy atom. The van der Waals surface area contributed by atoms with E-state index in [9.17, 15) is 17.6 Å². The summed E-state index contributed by atoms with van der Waals surface area (Å²) in [6, 6.07) is 4.18. The molecule has 0 amide bonds. The summed E-state index contributed by atoms with van der Waals surface area (Å²) in [6.07, 6.45) is -4.12. The molecule has 0 saturated carbocycles. The van der Waals surface area contributed by atoms with Gasteiger partial charge < -0.3 is 5.32 Å². The van der Waals surface area contributed by atoms with Gasteiger partial charge in [-0.25, -0.2) is 4.39 Å².